The van der Waals surface area contributed by atoms with Gasteiger partial charge in [0.2, 0.25) is 0 Å². The Morgan fingerprint density at radius 3 is 2.90 bits per heavy atom. The Hall–Kier alpha value is -0.125. The normalized spacial score (nSPS) is 35.4. The van der Waals surface area contributed by atoms with Crippen molar-refractivity contribution in [3.05, 3.63) is 0 Å². The summed E-state index contributed by atoms with van der Waals surface area (Å²) >= 11 is 0. The summed E-state index contributed by atoms with van der Waals surface area (Å²) in [5.74, 6) is -1.15. The molecule has 0 spiro atoms. The maximum absolute atomic E-state index is 12.4. The third-order valence-electron chi connectivity index (χ3n) is 4.35. The number of aliphatic hydroxyl groups excluding tert-OH is 1. The Kier molecular flexibility index (Phi) is 8.71. The Bertz CT molecular complexity index is 870. The zero-order valence-electron chi connectivity index (χ0n) is 15.2. The van der Waals surface area contributed by atoms with Crippen molar-refractivity contribution in [3.8, 4) is 0 Å². The molecule has 1 saturated heterocycles. The zero-order valence-corrected chi connectivity index (χ0v) is 19.5. The number of ether oxygens (including phenoxy) is 2. The van der Waals surface area contributed by atoms with Gasteiger partial charge in [-0.05, 0) is 0 Å². The molecule has 17 heteroatoms. The number of nitrogens with two attached hydrogens (primary N) is 1. The second-order valence-electron chi connectivity index (χ2n) is 6.39. The van der Waals surface area contributed by atoms with Crippen LogP contribution in [0.1, 0.15) is 6.42 Å². The molecular formula is C13H17BN3O8P3S2+. The molecule has 11 nitrogen and oxygen atoms in total. The van der Waals surface area contributed by atoms with Gasteiger partial charge in [0, 0.05) is 0 Å². The fourth-order valence-corrected chi connectivity index (χ4v) is 6.58. The summed E-state index contributed by atoms with van der Waals surface area (Å²) in [5, 5.41) is 11.8. The topological polar surface area (TPSA) is 163 Å². The third kappa shape index (κ3) is 5.62. The monoisotopic (exact) mass is 511 g/mol. The van der Waals surface area contributed by atoms with Crippen molar-refractivity contribution in [3.63, 3.8) is 0 Å². The Balaban J connectivity index is 1.89. The number of amides is 3. The van der Waals surface area contributed by atoms with Crippen LogP contribution in [0, 0.1) is 0 Å². The predicted octanol–water partition coefficient (Wildman–Crippen LogP) is -0.707. The van der Waals surface area contributed by atoms with Crippen LogP contribution in [0.3, 0.4) is 0 Å². The fraction of sp³-hybridized carbons (Fsp3) is 0.692. The third-order valence-corrected chi connectivity index (χ3v) is 11.4. The van der Waals surface area contributed by atoms with Crippen LogP contribution >= 0.6 is 44.2 Å². The molecule has 3 rings (SSSR count). The van der Waals surface area contributed by atoms with E-state index in [0.29, 0.717) is 0 Å². The van der Waals surface area contributed by atoms with Gasteiger partial charge in [-0.25, -0.2) is 0 Å². The molecule has 0 aliphatic carbocycles. The van der Waals surface area contributed by atoms with E-state index in [1.807, 2.05) is 0 Å². The summed E-state index contributed by atoms with van der Waals surface area (Å²) in [4.78, 5) is 48.3. The summed E-state index contributed by atoms with van der Waals surface area (Å²) in [5.41, 5.74) is 5.70. The molecule has 3 amide bonds. The van der Waals surface area contributed by atoms with Gasteiger partial charge in [0.1, 0.15) is 0 Å². The van der Waals surface area contributed by atoms with Gasteiger partial charge in [-0.3, -0.25) is 0 Å². The van der Waals surface area contributed by atoms with Gasteiger partial charge in [0.25, 0.3) is 0 Å². The number of nitrogens with zero attached hydrogens (tertiary/aromatic N) is 1. The average Bonchev–Trinajstić information content (AvgIpc) is 2.98. The van der Waals surface area contributed by atoms with E-state index in [2.05, 4.69) is 13.7 Å². The number of rotatable bonds is 3. The van der Waals surface area contributed by atoms with E-state index >= 15 is 0 Å². The van der Waals surface area contributed by atoms with Crippen LogP contribution in [-0.2, 0) is 23.6 Å². The van der Waals surface area contributed by atoms with Crippen molar-refractivity contribution in [2.75, 3.05) is 13.2 Å². The van der Waals surface area contributed by atoms with Gasteiger partial charge in [-0.15, -0.1) is 0 Å². The van der Waals surface area contributed by atoms with Crippen molar-refractivity contribution in [2.24, 2.45) is 5.73 Å². The first-order chi connectivity index (χ1) is 14.2. The van der Waals surface area contributed by atoms with Crippen molar-refractivity contribution in [1.29, 1.82) is 0 Å². The minimum absolute atomic E-state index is 0.0524. The first kappa shape index (κ1) is 24.5. The molecule has 30 heavy (non-hydrogen) atoms. The van der Waals surface area contributed by atoms with E-state index in [4.69, 9.17) is 26.9 Å². The van der Waals surface area contributed by atoms with Crippen molar-refractivity contribution in [2.45, 2.75) is 41.5 Å². The van der Waals surface area contributed by atoms with Crippen LogP contribution in [0.25, 0.3) is 0 Å². The summed E-state index contributed by atoms with van der Waals surface area (Å²) in [6.07, 6.45) is -3.52. The van der Waals surface area contributed by atoms with E-state index in [-0.39, 0.29) is 24.8 Å². The predicted molar refractivity (Wildman–Crippen MR) is 113 cm³/mol. The van der Waals surface area contributed by atoms with Crippen LogP contribution < -0.4 is 15.9 Å². The first-order valence-electron chi connectivity index (χ1n) is 8.58. The van der Waals surface area contributed by atoms with Crippen molar-refractivity contribution in [1.82, 2.24) is 5.32 Å². The molecule has 161 valence electrons. The molecule has 3 aliphatic rings. The van der Waals surface area contributed by atoms with Crippen LogP contribution in [0.15, 0.2) is 0 Å². The Morgan fingerprint density at radius 1 is 1.50 bits per heavy atom. The number of hydrogen-bond acceptors (Lipinski definition) is 11. The van der Waals surface area contributed by atoms with E-state index in [9.17, 15) is 24.4 Å². The van der Waals surface area contributed by atoms with Gasteiger partial charge in [0.05, 0.1) is 0 Å². The molecule has 0 saturated carbocycles. The van der Waals surface area contributed by atoms with Gasteiger partial charge in [-0.2, -0.15) is 0 Å². The summed E-state index contributed by atoms with van der Waals surface area (Å²) in [6, 6.07) is -0.780. The Morgan fingerprint density at radius 2 is 2.23 bits per heavy atom. The number of fused-ring (bicyclic) bond motifs is 3. The number of urea groups is 1. The van der Waals surface area contributed by atoms with Crippen molar-refractivity contribution < 1.29 is 43.0 Å². The van der Waals surface area contributed by atoms with Gasteiger partial charge in [0.15, 0.2) is 0 Å². The zero-order chi connectivity index (χ0) is 22.0. The first-order valence-corrected chi connectivity index (χ1v) is 15.3. The number of hydrogen-bond donors (Lipinski definition) is 3. The van der Waals surface area contributed by atoms with Crippen LogP contribution in [0.5, 0.6) is 0 Å². The van der Waals surface area contributed by atoms with E-state index in [0.717, 1.165) is 15.4 Å². The molecule has 0 aromatic heterocycles. The van der Waals surface area contributed by atoms with Crippen LogP contribution in [0.4, 0.5) is 4.79 Å². The van der Waals surface area contributed by atoms with E-state index in [1.54, 1.807) is 0 Å². The molecule has 2 bridgehead atoms. The number of nitrogens with one attached hydrogen (secondary N) is 1. The van der Waals surface area contributed by atoms with Gasteiger partial charge in [-0.1, -0.05) is 0 Å². The molecular weight excluding hydrogens is 494 g/mol. The second kappa shape index (κ2) is 10.7. The molecule has 3 heterocycles. The molecule has 1 fully saturated rings. The average molecular weight is 511 g/mol. The summed E-state index contributed by atoms with van der Waals surface area (Å²) in [6.45, 7) is -1.82. The maximum atomic E-state index is 12.4. The number of carbonyl (C=O) groups excluding carboxylic acids is 3. The molecule has 4 N–H and O–H groups in total. The molecule has 0 aromatic rings. The Labute approximate surface area is 184 Å². The van der Waals surface area contributed by atoms with Gasteiger partial charge < -0.3 is 0 Å². The van der Waals surface area contributed by atoms with Crippen LogP contribution in [-0.4, -0.2) is 89.2 Å². The summed E-state index contributed by atoms with van der Waals surface area (Å²) in [7, 11) is 9.48. The van der Waals surface area contributed by atoms with E-state index < -0.39 is 62.0 Å². The molecule has 8 atom stereocenters. The standard InChI is InChI=1S/C13H16BN3O8P3S2/c14-27(22)28(26)23-4-6-9(19)10-12(24-6)17-3-7(11(20)16-13(17)21)30-29-5(2-15)1-8(18)25-10/h3,5-7,9-10,12,19H,1-2,4,15H2/p+1/t5-,6-,7?,9-,10+,12-/m1/s1. The molecule has 1 radical (unpaired) electrons. The number of carbonyl (C=O) groups is 3. The second-order valence-corrected chi connectivity index (χ2v) is 14.8. The van der Waals surface area contributed by atoms with Crippen LogP contribution in [0.2, 0.25) is 0 Å². The molecule has 3 unspecified atom stereocenters. The molecule has 3 aliphatic heterocycles. The number of esters is 1. The number of imide groups is 1. The SMILES string of the molecule is [B]=[P+]([O-])P(#P)OC[C@H]1O[C@@H]2[C@@H](OC(=O)C[C@H](CN)SSC3C=[N+]2C(=O)NC3=O)[C@@H]1O. The number of aliphatic hydroxyl groups is 1. The molecule has 0 aromatic carbocycles. The van der Waals surface area contributed by atoms with E-state index in [1.165, 1.54) is 17.0 Å². The fourth-order valence-electron chi connectivity index (χ4n) is 2.88. The minimum atomic E-state index is -2.17. The quantitative estimate of drug-likeness (QED) is 0.144. The van der Waals surface area contributed by atoms with Crippen molar-refractivity contribution >= 4 is 75.5 Å². The summed E-state index contributed by atoms with van der Waals surface area (Å²) < 4.78 is 17.5. The van der Waals surface area contributed by atoms with Gasteiger partial charge >= 0.3 is 184 Å².